The van der Waals surface area contributed by atoms with Gasteiger partial charge in [0, 0.05) is 12.6 Å². The SMILES string of the molecule is CC(CN)CNC(=O)c1ccon1. The van der Waals surface area contributed by atoms with Crippen LogP contribution in [0.2, 0.25) is 0 Å². The number of carbonyl (C=O) groups excluding carboxylic acids is 1. The number of carbonyl (C=O) groups is 1. The van der Waals surface area contributed by atoms with Gasteiger partial charge in [0.2, 0.25) is 0 Å². The van der Waals surface area contributed by atoms with Crippen LogP contribution >= 0.6 is 0 Å². The molecule has 0 aliphatic rings. The molecule has 72 valence electrons. The van der Waals surface area contributed by atoms with E-state index >= 15 is 0 Å². The van der Waals surface area contributed by atoms with Gasteiger partial charge < -0.3 is 15.6 Å². The van der Waals surface area contributed by atoms with Gasteiger partial charge in [-0.2, -0.15) is 0 Å². The molecular weight excluding hydrogens is 170 g/mol. The lowest BCUT2D eigenvalue weighted by atomic mass is 10.2. The Labute approximate surface area is 76.3 Å². The second-order valence-corrected chi connectivity index (χ2v) is 2.94. The van der Waals surface area contributed by atoms with Crippen LogP contribution in [0.25, 0.3) is 0 Å². The Bertz CT molecular complexity index is 258. The van der Waals surface area contributed by atoms with Crippen molar-refractivity contribution < 1.29 is 9.32 Å². The molecule has 1 aromatic rings. The summed E-state index contributed by atoms with van der Waals surface area (Å²) < 4.78 is 4.53. The Morgan fingerprint density at radius 1 is 1.85 bits per heavy atom. The van der Waals surface area contributed by atoms with Gasteiger partial charge in [-0.3, -0.25) is 4.79 Å². The number of hydrogen-bond donors (Lipinski definition) is 2. The monoisotopic (exact) mass is 183 g/mol. The van der Waals surface area contributed by atoms with E-state index in [0.29, 0.717) is 18.8 Å². The highest BCUT2D eigenvalue weighted by atomic mass is 16.5. The molecule has 5 nitrogen and oxygen atoms in total. The number of nitrogens with one attached hydrogen (secondary N) is 1. The van der Waals surface area contributed by atoms with Gasteiger partial charge in [0.15, 0.2) is 5.69 Å². The van der Waals surface area contributed by atoms with Crippen LogP contribution < -0.4 is 11.1 Å². The molecule has 1 amide bonds. The fourth-order valence-corrected chi connectivity index (χ4v) is 0.770. The van der Waals surface area contributed by atoms with Crippen LogP contribution in [-0.4, -0.2) is 24.2 Å². The largest absolute Gasteiger partial charge is 0.364 e. The number of nitrogens with zero attached hydrogens (tertiary/aromatic N) is 1. The van der Waals surface area contributed by atoms with Crippen LogP contribution in [-0.2, 0) is 0 Å². The summed E-state index contributed by atoms with van der Waals surface area (Å²) in [5, 5.41) is 6.20. The predicted molar refractivity (Wildman–Crippen MR) is 47.1 cm³/mol. The minimum Gasteiger partial charge on any atom is -0.364 e. The van der Waals surface area contributed by atoms with Crippen LogP contribution in [0.4, 0.5) is 0 Å². The minimum absolute atomic E-state index is 0.228. The molecule has 1 atom stereocenters. The molecule has 0 aliphatic heterocycles. The molecule has 0 saturated heterocycles. The number of aromatic nitrogens is 1. The normalized spacial score (nSPS) is 12.5. The summed E-state index contributed by atoms with van der Waals surface area (Å²) in [7, 11) is 0. The fraction of sp³-hybridized carbons (Fsp3) is 0.500. The van der Waals surface area contributed by atoms with E-state index in [1.54, 1.807) is 0 Å². The Balaban J connectivity index is 2.35. The van der Waals surface area contributed by atoms with Crippen LogP contribution in [0, 0.1) is 5.92 Å². The minimum atomic E-state index is -0.228. The second-order valence-electron chi connectivity index (χ2n) is 2.94. The zero-order valence-electron chi connectivity index (χ0n) is 7.49. The summed E-state index contributed by atoms with van der Waals surface area (Å²) in [6, 6.07) is 1.52. The molecule has 0 fully saturated rings. The van der Waals surface area contributed by atoms with E-state index in [-0.39, 0.29) is 11.8 Å². The van der Waals surface area contributed by atoms with E-state index in [2.05, 4.69) is 15.0 Å². The zero-order chi connectivity index (χ0) is 9.68. The zero-order valence-corrected chi connectivity index (χ0v) is 7.49. The lowest BCUT2D eigenvalue weighted by molar-refractivity contribution is 0.0939. The molecule has 1 heterocycles. The van der Waals surface area contributed by atoms with Crippen molar-refractivity contribution in [1.82, 2.24) is 10.5 Å². The summed E-state index contributed by atoms with van der Waals surface area (Å²) in [4.78, 5) is 11.3. The number of nitrogens with two attached hydrogens (primary N) is 1. The van der Waals surface area contributed by atoms with Crippen molar-refractivity contribution in [2.45, 2.75) is 6.92 Å². The maximum absolute atomic E-state index is 11.3. The van der Waals surface area contributed by atoms with E-state index in [9.17, 15) is 4.79 Å². The Kier molecular flexibility index (Phi) is 3.45. The van der Waals surface area contributed by atoms with Crippen molar-refractivity contribution in [1.29, 1.82) is 0 Å². The molecule has 0 saturated carbocycles. The third-order valence-corrected chi connectivity index (χ3v) is 1.68. The van der Waals surface area contributed by atoms with Gasteiger partial charge in [-0.1, -0.05) is 12.1 Å². The van der Waals surface area contributed by atoms with Crippen LogP contribution in [0.1, 0.15) is 17.4 Å². The van der Waals surface area contributed by atoms with Gasteiger partial charge in [-0.05, 0) is 12.5 Å². The van der Waals surface area contributed by atoms with Crippen molar-refractivity contribution >= 4 is 5.91 Å². The predicted octanol–water partition coefficient (Wildman–Crippen LogP) is -0.000800. The van der Waals surface area contributed by atoms with Gasteiger partial charge in [0.25, 0.3) is 5.91 Å². The topological polar surface area (TPSA) is 81.1 Å². The smallest absolute Gasteiger partial charge is 0.273 e. The third kappa shape index (κ3) is 2.87. The lowest BCUT2D eigenvalue weighted by Crippen LogP contribution is -2.31. The molecule has 1 rings (SSSR count). The first kappa shape index (κ1) is 9.73. The van der Waals surface area contributed by atoms with Crippen LogP contribution in [0.3, 0.4) is 0 Å². The Hall–Kier alpha value is -1.36. The number of amides is 1. The van der Waals surface area contributed by atoms with E-state index in [0.717, 1.165) is 0 Å². The molecule has 0 bridgehead atoms. The van der Waals surface area contributed by atoms with Crippen molar-refractivity contribution in [3.63, 3.8) is 0 Å². The molecule has 13 heavy (non-hydrogen) atoms. The van der Waals surface area contributed by atoms with E-state index < -0.39 is 0 Å². The van der Waals surface area contributed by atoms with E-state index in [1.165, 1.54) is 12.3 Å². The highest BCUT2D eigenvalue weighted by molar-refractivity contribution is 5.91. The molecule has 3 N–H and O–H groups in total. The first-order valence-electron chi connectivity index (χ1n) is 4.12. The second kappa shape index (κ2) is 4.61. The summed E-state index contributed by atoms with van der Waals surface area (Å²) in [6.45, 7) is 3.07. The average molecular weight is 183 g/mol. The third-order valence-electron chi connectivity index (χ3n) is 1.68. The van der Waals surface area contributed by atoms with Gasteiger partial charge in [-0.25, -0.2) is 0 Å². The quantitative estimate of drug-likeness (QED) is 0.688. The summed E-state index contributed by atoms with van der Waals surface area (Å²) in [5.41, 5.74) is 5.69. The Morgan fingerprint density at radius 3 is 3.15 bits per heavy atom. The highest BCUT2D eigenvalue weighted by Gasteiger charge is 2.08. The molecule has 0 aliphatic carbocycles. The van der Waals surface area contributed by atoms with Crippen LogP contribution in [0.5, 0.6) is 0 Å². The number of rotatable bonds is 4. The van der Waals surface area contributed by atoms with Crippen molar-refractivity contribution in [3.05, 3.63) is 18.0 Å². The molecular formula is C8H13N3O2. The molecule has 0 radical (unpaired) electrons. The highest BCUT2D eigenvalue weighted by Crippen LogP contribution is 1.94. The molecule has 1 aromatic heterocycles. The van der Waals surface area contributed by atoms with Crippen LogP contribution in [0.15, 0.2) is 16.9 Å². The van der Waals surface area contributed by atoms with E-state index in [1.807, 2.05) is 6.92 Å². The average Bonchev–Trinajstić information content (AvgIpc) is 2.66. The number of hydrogen-bond acceptors (Lipinski definition) is 4. The molecule has 1 unspecified atom stereocenters. The van der Waals surface area contributed by atoms with Crippen molar-refractivity contribution in [2.75, 3.05) is 13.1 Å². The van der Waals surface area contributed by atoms with Crippen molar-refractivity contribution in [2.24, 2.45) is 11.7 Å². The van der Waals surface area contributed by atoms with E-state index in [4.69, 9.17) is 5.73 Å². The Morgan fingerprint density at radius 2 is 2.62 bits per heavy atom. The van der Waals surface area contributed by atoms with Gasteiger partial charge >= 0.3 is 0 Å². The molecule has 0 spiro atoms. The first-order chi connectivity index (χ1) is 6.24. The van der Waals surface area contributed by atoms with Gasteiger partial charge in [0.1, 0.15) is 6.26 Å². The standard InChI is InChI=1S/C8H13N3O2/c1-6(4-9)5-10-8(12)7-2-3-13-11-7/h2-3,6H,4-5,9H2,1H3,(H,10,12). The summed E-state index contributed by atoms with van der Waals surface area (Å²) >= 11 is 0. The van der Waals surface area contributed by atoms with Crippen molar-refractivity contribution in [3.8, 4) is 0 Å². The molecule has 5 heteroatoms. The lowest BCUT2D eigenvalue weighted by Gasteiger charge is -2.07. The molecule has 0 aromatic carbocycles. The van der Waals surface area contributed by atoms with Gasteiger partial charge in [-0.15, -0.1) is 0 Å². The maximum Gasteiger partial charge on any atom is 0.273 e. The maximum atomic E-state index is 11.3. The first-order valence-corrected chi connectivity index (χ1v) is 4.12. The summed E-state index contributed by atoms with van der Waals surface area (Å²) in [5.74, 6) is 0.0462. The van der Waals surface area contributed by atoms with Gasteiger partial charge in [0.05, 0.1) is 0 Å². The summed E-state index contributed by atoms with van der Waals surface area (Å²) in [6.07, 6.45) is 1.36. The fourth-order valence-electron chi connectivity index (χ4n) is 0.770.